The van der Waals surface area contributed by atoms with Crippen LogP contribution in [0.3, 0.4) is 0 Å². The largest absolute Gasteiger partial charge is 0.477 e. The molecule has 1 saturated carbocycles. The smallest absolute Gasteiger partial charge is 0.282 e. The first-order valence-electron chi connectivity index (χ1n) is 12.0. The number of sulfone groups is 1. The van der Waals surface area contributed by atoms with Crippen molar-refractivity contribution < 1.29 is 21.6 Å². The Labute approximate surface area is 197 Å². The van der Waals surface area contributed by atoms with Crippen LogP contribution in [0, 0.1) is 17.8 Å². The first-order valence-corrected chi connectivity index (χ1v) is 15.2. The zero-order chi connectivity index (χ0) is 23.5. The van der Waals surface area contributed by atoms with E-state index < -0.39 is 20.0 Å². The molecule has 0 spiro atoms. The predicted molar refractivity (Wildman–Crippen MR) is 127 cm³/mol. The molecular weight excluding hydrogens is 464 g/mol. The molecule has 3 heterocycles. The number of nitrogens with two attached hydrogens (primary N) is 1. The molecule has 186 valence electrons. The molecule has 2 saturated heterocycles. The number of aromatic nitrogens is 1. The normalized spacial score (nSPS) is 27.9. The molecule has 0 unspecified atom stereocenters. The molecule has 0 aromatic carbocycles. The fourth-order valence-corrected chi connectivity index (χ4v) is 8.59. The fraction of sp³-hybridized carbons (Fsp3) is 0.773. The molecule has 9 nitrogen and oxygen atoms in total. The van der Waals surface area contributed by atoms with E-state index in [0.717, 1.165) is 24.8 Å². The van der Waals surface area contributed by atoms with Crippen molar-refractivity contribution in [3.63, 3.8) is 0 Å². The number of pyridine rings is 1. The first-order chi connectivity index (χ1) is 15.8. The van der Waals surface area contributed by atoms with Crippen LogP contribution in [0.25, 0.3) is 0 Å². The van der Waals surface area contributed by atoms with Gasteiger partial charge in [-0.2, -0.15) is 17.0 Å². The van der Waals surface area contributed by atoms with Gasteiger partial charge in [0.05, 0.1) is 18.1 Å². The lowest BCUT2D eigenvalue weighted by Gasteiger charge is -2.43. The quantitative estimate of drug-likeness (QED) is 0.600. The van der Waals surface area contributed by atoms with E-state index in [2.05, 4.69) is 4.98 Å². The highest BCUT2D eigenvalue weighted by atomic mass is 32.2. The Hall–Kier alpha value is -1.27. The highest BCUT2D eigenvalue weighted by Gasteiger charge is 2.41. The van der Waals surface area contributed by atoms with Crippen LogP contribution >= 0.6 is 0 Å². The number of nitrogens with zero attached hydrogens (tertiary/aromatic N) is 3. The summed E-state index contributed by atoms with van der Waals surface area (Å²) >= 11 is 0. The SMILES string of the molecule is NCc1ccnc(OC[C@H]2C[C@H](C3CCCCC3)CN(S(=O)(=O)N3CCS(=O)(=O)CC3)C2)c1. The Morgan fingerprint density at radius 1 is 1.06 bits per heavy atom. The van der Waals surface area contributed by atoms with Gasteiger partial charge in [-0.15, -0.1) is 0 Å². The van der Waals surface area contributed by atoms with Crippen molar-refractivity contribution in [3.8, 4) is 5.88 Å². The van der Waals surface area contributed by atoms with E-state index >= 15 is 0 Å². The van der Waals surface area contributed by atoms with Crippen LogP contribution in [0.1, 0.15) is 44.1 Å². The summed E-state index contributed by atoms with van der Waals surface area (Å²) in [5.74, 6) is 1.16. The zero-order valence-electron chi connectivity index (χ0n) is 19.1. The molecular formula is C22H36N4O5S2. The molecule has 0 amide bonds. The minimum Gasteiger partial charge on any atom is -0.477 e. The number of ether oxygens (including phenoxy) is 1. The highest BCUT2D eigenvalue weighted by molar-refractivity contribution is 7.91. The van der Waals surface area contributed by atoms with Crippen LogP contribution < -0.4 is 10.5 Å². The maximum Gasteiger partial charge on any atom is 0.282 e. The Morgan fingerprint density at radius 2 is 1.79 bits per heavy atom. The lowest BCUT2D eigenvalue weighted by Crippen LogP contribution is -2.55. The van der Waals surface area contributed by atoms with Crippen LogP contribution in [0.2, 0.25) is 0 Å². The van der Waals surface area contributed by atoms with Gasteiger partial charge in [-0.05, 0) is 29.9 Å². The van der Waals surface area contributed by atoms with Gasteiger partial charge in [0, 0.05) is 50.9 Å². The van der Waals surface area contributed by atoms with Gasteiger partial charge < -0.3 is 10.5 Å². The fourth-order valence-electron chi connectivity index (χ4n) is 5.41. The molecule has 2 N–H and O–H groups in total. The van der Waals surface area contributed by atoms with Crippen LogP contribution in [0.4, 0.5) is 0 Å². The zero-order valence-corrected chi connectivity index (χ0v) is 20.8. The molecule has 3 aliphatic rings. The molecule has 3 fully saturated rings. The summed E-state index contributed by atoms with van der Waals surface area (Å²) in [6.07, 6.45) is 8.56. The number of rotatable bonds is 7. The third-order valence-corrected chi connectivity index (χ3v) is 10.9. The van der Waals surface area contributed by atoms with Gasteiger partial charge >= 0.3 is 0 Å². The van der Waals surface area contributed by atoms with Crippen LogP contribution in [-0.2, 0) is 26.6 Å². The van der Waals surface area contributed by atoms with Crippen molar-refractivity contribution in [3.05, 3.63) is 23.9 Å². The third kappa shape index (κ3) is 6.25. The van der Waals surface area contributed by atoms with Crippen LogP contribution in [0.5, 0.6) is 5.88 Å². The lowest BCUT2D eigenvalue weighted by atomic mass is 9.75. The minimum absolute atomic E-state index is 0.0340. The molecule has 0 bridgehead atoms. The summed E-state index contributed by atoms with van der Waals surface area (Å²) in [4.78, 5) is 4.26. The molecule has 0 radical (unpaired) electrons. The second kappa shape index (κ2) is 10.6. The van der Waals surface area contributed by atoms with E-state index in [-0.39, 0.29) is 30.5 Å². The van der Waals surface area contributed by atoms with Crippen molar-refractivity contribution >= 4 is 20.0 Å². The second-order valence-electron chi connectivity index (χ2n) is 9.65. The Morgan fingerprint density at radius 3 is 2.48 bits per heavy atom. The summed E-state index contributed by atoms with van der Waals surface area (Å²) in [6, 6.07) is 3.67. The third-order valence-electron chi connectivity index (χ3n) is 7.31. The van der Waals surface area contributed by atoms with Crippen molar-refractivity contribution in [1.29, 1.82) is 0 Å². The number of hydrogen-bond donors (Lipinski definition) is 1. The molecule has 2 atom stereocenters. The average molecular weight is 501 g/mol. The highest BCUT2D eigenvalue weighted by Crippen LogP contribution is 2.37. The lowest BCUT2D eigenvalue weighted by molar-refractivity contribution is 0.0924. The van der Waals surface area contributed by atoms with Crippen LogP contribution in [-0.4, -0.2) is 74.7 Å². The molecule has 1 aromatic heterocycles. The Kier molecular flexibility index (Phi) is 7.95. The summed E-state index contributed by atoms with van der Waals surface area (Å²) in [5.41, 5.74) is 6.65. The van der Waals surface area contributed by atoms with E-state index in [1.807, 2.05) is 12.1 Å². The predicted octanol–water partition coefficient (Wildman–Crippen LogP) is 1.41. The van der Waals surface area contributed by atoms with Crippen molar-refractivity contribution in [2.45, 2.75) is 45.1 Å². The summed E-state index contributed by atoms with van der Waals surface area (Å²) in [6.45, 7) is 1.76. The standard InChI is InChI=1S/C22H36N4O5S2/c23-14-18-6-7-24-22(13-18)31-17-19-12-21(20-4-2-1-3-5-20)16-26(15-19)33(29,30)25-8-10-32(27,28)11-9-25/h6-7,13,19-21H,1-5,8-12,14-17,23H2/t19-,21-/m0/s1. The average Bonchev–Trinajstić information content (AvgIpc) is 2.83. The summed E-state index contributed by atoms with van der Waals surface area (Å²) in [5, 5.41) is 0. The van der Waals surface area contributed by atoms with Gasteiger partial charge in [-0.1, -0.05) is 32.1 Å². The Balaban J connectivity index is 1.48. The molecule has 1 aliphatic carbocycles. The van der Waals surface area contributed by atoms with Gasteiger partial charge in [0.2, 0.25) is 5.88 Å². The van der Waals surface area contributed by atoms with Crippen molar-refractivity contribution in [2.24, 2.45) is 23.5 Å². The molecule has 33 heavy (non-hydrogen) atoms. The topological polar surface area (TPSA) is 123 Å². The van der Waals surface area contributed by atoms with E-state index in [1.54, 1.807) is 10.5 Å². The van der Waals surface area contributed by atoms with Gasteiger partial charge in [0.15, 0.2) is 9.84 Å². The van der Waals surface area contributed by atoms with E-state index in [0.29, 0.717) is 44.0 Å². The minimum atomic E-state index is -3.72. The van der Waals surface area contributed by atoms with E-state index in [9.17, 15) is 16.8 Å². The maximum atomic E-state index is 13.5. The molecule has 2 aliphatic heterocycles. The van der Waals surface area contributed by atoms with Gasteiger partial charge in [-0.25, -0.2) is 13.4 Å². The summed E-state index contributed by atoms with van der Waals surface area (Å²) < 4.78 is 59.5. The molecule has 11 heteroatoms. The van der Waals surface area contributed by atoms with Gasteiger partial charge in [0.25, 0.3) is 10.2 Å². The Bertz CT molecular complexity index is 997. The number of piperidine rings is 1. The van der Waals surface area contributed by atoms with E-state index in [1.165, 1.54) is 23.6 Å². The van der Waals surface area contributed by atoms with Crippen molar-refractivity contribution in [2.75, 3.05) is 44.3 Å². The maximum absolute atomic E-state index is 13.5. The molecule has 4 rings (SSSR count). The van der Waals surface area contributed by atoms with E-state index in [4.69, 9.17) is 10.5 Å². The first kappa shape index (κ1) is 24.8. The number of hydrogen-bond acceptors (Lipinski definition) is 7. The van der Waals surface area contributed by atoms with Crippen LogP contribution in [0.15, 0.2) is 18.3 Å². The van der Waals surface area contributed by atoms with Gasteiger partial charge in [0.1, 0.15) is 0 Å². The van der Waals surface area contributed by atoms with Crippen molar-refractivity contribution in [1.82, 2.24) is 13.6 Å². The summed E-state index contributed by atoms with van der Waals surface area (Å²) in [7, 11) is -6.87. The second-order valence-corrected chi connectivity index (χ2v) is 13.9. The monoisotopic (exact) mass is 500 g/mol. The molecule has 1 aromatic rings. The van der Waals surface area contributed by atoms with Gasteiger partial charge in [-0.3, -0.25) is 0 Å².